The van der Waals surface area contributed by atoms with Crippen molar-refractivity contribution in [3.05, 3.63) is 23.8 Å². The summed E-state index contributed by atoms with van der Waals surface area (Å²) < 4.78 is 33.3. The molecule has 7 heteroatoms. The van der Waals surface area contributed by atoms with E-state index >= 15 is 0 Å². The molecule has 5 nitrogen and oxygen atoms in total. The van der Waals surface area contributed by atoms with Gasteiger partial charge < -0.3 is 9.47 Å². The zero-order valence-electron chi connectivity index (χ0n) is 11.8. The number of esters is 1. The Balaban J connectivity index is 2.15. The third kappa shape index (κ3) is 3.89. The van der Waals surface area contributed by atoms with E-state index < -0.39 is 20.9 Å². The number of halogens is 1. The van der Waals surface area contributed by atoms with E-state index in [1.807, 2.05) is 13.8 Å². The van der Waals surface area contributed by atoms with Crippen LogP contribution in [0.25, 0.3) is 0 Å². The highest BCUT2D eigenvalue weighted by molar-refractivity contribution is 8.13. The van der Waals surface area contributed by atoms with Crippen molar-refractivity contribution in [2.45, 2.75) is 31.1 Å². The van der Waals surface area contributed by atoms with Gasteiger partial charge in [0, 0.05) is 16.2 Å². The van der Waals surface area contributed by atoms with Gasteiger partial charge in [-0.25, -0.2) is 8.42 Å². The van der Waals surface area contributed by atoms with E-state index in [2.05, 4.69) is 0 Å². The first-order chi connectivity index (χ1) is 9.79. The fourth-order valence-corrected chi connectivity index (χ4v) is 2.82. The van der Waals surface area contributed by atoms with E-state index in [0.717, 1.165) is 6.42 Å². The number of ether oxygens (including phenoxy) is 2. The summed E-state index contributed by atoms with van der Waals surface area (Å²) in [5.74, 6) is -0.0770. The van der Waals surface area contributed by atoms with E-state index in [1.54, 1.807) is 0 Å². The largest absolute Gasteiger partial charge is 0.492 e. The zero-order chi connectivity index (χ0) is 15.6. The number of benzene rings is 1. The average Bonchev–Trinajstić information content (AvgIpc) is 2.79. The minimum absolute atomic E-state index is 0.0478. The molecule has 1 aliphatic rings. The average molecular weight is 333 g/mol. The maximum atomic E-state index is 12.1. The summed E-state index contributed by atoms with van der Waals surface area (Å²) in [5, 5.41) is 0. The van der Waals surface area contributed by atoms with Gasteiger partial charge in [-0.3, -0.25) is 4.79 Å². The van der Waals surface area contributed by atoms with E-state index in [9.17, 15) is 13.2 Å². The van der Waals surface area contributed by atoms with E-state index in [0.29, 0.717) is 23.8 Å². The van der Waals surface area contributed by atoms with Crippen LogP contribution in [-0.2, 0) is 18.6 Å². The highest BCUT2D eigenvalue weighted by Gasteiger charge is 2.33. The number of carbonyl (C=O) groups is 1. The molecule has 0 saturated heterocycles. The molecule has 0 saturated carbocycles. The van der Waals surface area contributed by atoms with Gasteiger partial charge in [-0.2, -0.15) is 0 Å². The Kier molecular flexibility index (Phi) is 4.78. The Bertz CT molecular complexity index is 639. The van der Waals surface area contributed by atoms with Gasteiger partial charge in [-0.15, -0.1) is 0 Å². The summed E-state index contributed by atoms with van der Waals surface area (Å²) in [6.45, 7) is 4.58. The van der Waals surface area contributed by atoms with Crippen molar-refractivity contribution in [1.29, 1.82) is 0 Å². The summed E-state index contributed by atoms with van der Waals surface area (Å²) in [6.07, 6.45) is 0.780. The molecular weight excluding hydrogens is 316 g/mol. The first kappa shape index (κ1) is 16.1. The minimum atomic E-state index is -3.84. The molecule has 1 unspecified atom stereocenters. The van der Waals surface area contributed by atoms with Crippen molar-refractivity contribution >= 4 is 25.7 Å². The van der Waals surface area contributed by atoms with Crippen LogP contribution in [0.1, 0.15) is 31.7 Å². The molecule has 0 N–H and O–H groups in total. The predicted molar refractivity (Wildman–Crippen MR) is 78.1 cm³/mol. The highest BCUT2D eigenvalue weighted by Crippen LogP contribution is 2.36. The Morgan fingerprint density at radius 3 is 2.81 bits per heavy atom. The maximum absolute atomic E-state index is 12.1. The molecule has 116 valence electrons. The fourth-order valence-electron chi connectivity index (χ4n) is 2.04. The minimum Gasteiger partial charge on any atom is -0.492 e. The normalized spacial score (nSPS) is 17.4. The van der Waals surface area contributed by atoms with E-state index in [-0.39, 0.29) is 11.5 Å². The standard InChI is InChI=1S/C14H17ClO5S/c1-9(2)5-6-19-14(16)12-8-20-13-4-3-10(7-11(12)13)21(15,17)18/h3-4,7,9,12H,5-6,8H2,1-2H3. The van der Waals surface area contributed by atoms with Crippen molar-refractivity contribution in [2.75, 3.05) is 13.2 Å². The third-order valence-electron chi connectivity index (χ3n) is 3.27. The first-order valence-corrected chi connectivity index (χ1v) is 8.98. The van der Waals surface area contributed by atoms with E-state index in [4.69, 9.17) is 20.2 Å². The van der Waals surface area contributed by atoms with Crippen LogP contribution in [0.5, 0.6) is 5.75 Å². The lowest BCUT2D eigenvalue weighted by Gasteiger charge is -2.11. The molecule has 0 radical (unpaired) electrons. The lowest BCUT2D eigenvalue weighted by atomic mass is 10.0. The summed E-state index contributed by atoms with van der Waals surface area (Å²) >= 11 is 0. The Morgan fingerprint density at radius 2 is 2.19 bits per heavy atom. The molecule has 0 fully saturated rings. The Hall–Kier alpha value is -1.27. The molecule has 0 aliphatic carbocycles. The second-order valence-electron chi connectivity index (χ2n) is 5.35. The number of carbonyl (C=O) groups excluding carboxylic acids is 1. The summed E-state index contributed by atoms with van der Waals surface area (Å²) in [6, 6.07) is 4.23. The van der Waals surface area contributed by atoms with Crippen LogP contribution in [0.2, 0.25) is 0 Å². The quantitative estimate of drug-likeness (QED) is 0.612. The van der Waals surface area contributed by atoms with E-state index in [1.165, 1.54) is 18.2 Å². The van der Waals surface area contributed by atoms with Crippen LogP contribution in [0, 0.1) is 5.92 Å². The number of fused-ring (bicyclic) bond motifs is 1. The molecule has 1 atom stereocenters. The van der Waals surface area contributed by atoms with Crippen LogP contribution in [0.3, 0.4) is 0 Å². The van der Waals surface area contributed by atoms with Crippen molar-refractivity contribution in [3.8, 4) is 5.75 Å². The lowest BCUT2D eigenvalue weighted by Crippen LogP contribution is -2.18. The van der Waals surface area contributed by atoms with Gasteiger partial charge in [-0.1, -0.05) is 13.8 Å². The van der Waals surface area contributed by atoms with Crippen LogP contribution in [0.4, 0.5) is 0 Å². The van der Waals surface area contributed by atoms with Gasteiger partial charge in [0.1, 0.15) is 18.3 Å². The second-order valence-corrected chi connectivity index (χ2v) is 7.92. The highest BCUT2D eigenvalue weighted by atomic mass is 35.7. The topological polar surface area (TPSA) is 69.7 Å². The van der Waals surface area contributed by atoms with Crippen LogP contribution >= 0.6 is 10.7 Å². The molecule has 1 aromatic carbocycles. The fraction of sp³-hybridized carbons (Fsp3) is 0.500. The maximum Gasteiger partial charge on any atom is 0.317 e. The Morgan fingerprint density at radius 1 is 1.48 bits per heavy atom. The van der Waals surface area contributed by atoms with Crippen LogP contribution in [-0.4, -0.2) is 27.6 Å². The van der Waals surface area contributed by atoms with Gasteiger partial charge in [0.15, 0.2) is 0 Å². The predicted octanol–water partition coefficient (Wildman–Crippen LogP) is 2.68. The van der Waals surface area contributed by atoms with Crippen molar-refractivity contribution in [3.63, 3.8) is 0 Å². The first-order valence-electron chi connectivity index (χ1n) is 6.67. The molecular formula is C14H17ClO5S. The summed E-state index contributed by atoms with van der Waals surface area (Å²) in [5.41, 5.74) is 0.506. The number of hydrogen-bond donors (Lipinski definition) is 0. The molecule has 2 rings (SSSR count). The smallest absolute Gasteiger partial charge is 0.317 e. The summed E-state index contributed by atoms with van der Waals surface area (Å²) in [4.78, 5) is 12.0. The zero-order valence-corrected chi connectivity index (χ0v) is 13.4. The number of rotatable bonds is 5. The molecule has 1 aromatic rings. The SMILES string of the molecule is CC(C)CCOC(=O)C1COc2ccc(S(=O)(=O)Cl)cc21. The molecule has 0 aromatic heterocycles. The monoisotopic (exact) mass is 332 g/mol. The molecule has 21 heavy (non-hydrogen) atoms. The molecule has 0 bridgehead atoms. The molecule has 1 aliphatic heterocycles. The second kappa shape index (κ2) is 6.23. The molecule has 0 spiro atoms. The number of hydrogen-bond acceptors (Lipinski definition) is 5. The Labute approximate surface area is 128 Å². The van der Waals surface area contributed by atoms with Crippen LogP contribution < -0.4 is 4.74 Å². The molecule has 0 amide bonds. The van der Waals surface area contributed by atoms with Crippen LogP contribution in [0.15, 0.2) is 23.1 Å². The third-order valence-corrected chi connectivity index (χ3v) is 4.62. The van der Waals surface area contributed by atoms with Gasteiger partial charge in [0.25, 0.3) is 9.05 Å². The lowest BCUT2D eigenvalue weighted by molar-refractivity contribution is -0.146. The van der Waals surface area contributed by atoms with Gasteiger partial charge in [-0.05, 0) is 30.5 Å². The van der Waals surface area contributed by atoms with Gasteiger partial charge in [0.05, 0.1) is 11.5 Å². The molecule has 1 heterocycles. The van der Waals surface area contributed by atoms with Crippen molar-refractivity contribution in [2.24, 2.45) is 5.92 Å². The van der Waals surface area contributed by atoms with Gasteiger partial charge >= 0.3 is 5.97 Å². The van der Waals surface area contributed by atoms with Crippen molar-refractivity contribution < 1.29 is 22.7 Å². The van der Waals surface area contributed by atoms with Gasteiger partial charge in [0.2, 0.25) is 0 Å². The van der Waals surface area contributed by atoms with Crippen molar-refractivity contribution in [1.82, 2.24) is 0 Å². The summed E-state index contributed by atoms with van der Waals surface area (Å²) in [7, 11) is 1.48.